The summed E-state index contributed by atoms with van der Waals surface area (Å²) in [5.41, 5.74) is 0.733. The first-order valence-corrected chi connectivity index (χ1v) is 7.51. The summed E-state index contributed by atoms with van der Waals surface area (Å²) in [4.78, 5) is 2.12. The van der Waals surface area contributed by atoms with E-state index >= 15 is 0 Å². The van der Waals surface area contributed by atoms with E-state index in [9.17, 15) is 5.11 Å². The predicted octanol–water partition coefficient (Wildman–Crippen LogP) is 3.17. The van der Waals surface area contributed by atoms with Crippen LogP contribution in [0, 0.1) is 0 Å². The van der Waals surface area contributed by atoms with Crippen LogP contribution in [0.1, 0.15) is 25.3 Å². The van der Waals surface area contributed by atoms with Crippen LogP contribution in [0.2, 0.25) is 10.0 Å². The molecular formula is C14H15Cl2N3O2. The van der Waals surface area contributed by atoms with E-state index in [4.69, 9.17) is 27.6 Å². The molecule has 1 fully saturated rings. The molecule has 1 N–H and O–H groups in total. The van der Waals surface area contributed by atoms with Crippen molar-refractivity contribution in [1.82, 2.24) is 15.1 Å². The molecular weight excluding hydrogens is 313 g/mol. The molecule has 0 saturated carbocycles. The van der Waals surface area contributed by atoms with Gasteiger partial charge in [0.2, 0.25) is 11.8 Å². The van der Waals surface area contributed by atoms with Gasteiger partial charge in [0.25, 0.3) is 0 Å². The van der Waals surface area contributed by atoms with E-state index in [-0.39, 0.29) is 12.1 Å². The standard InChI is InChI=1S/C14H15Cl2N3O2/c1-8(19-5-4-10(20)7-19)13-17-18-14(21-13)9-2-3-11(15)12(16)6-9/h2-3,6,8,10,20H,4-5,7H2,1H3/t8?,10-/m1/s1. The lowest BCUT2D eigenvalue weighted by Gasteiger charge is -2.20. The molecule has 1 unspecified atom stereocenters. The van der Waals surface area contributed by atoms with Crippen LogP contribution >= 0.6 is 23.2 Å². The first-order valence-electron chi connectivity index (χ1n) is 6.75. The Morgan fingerprint density at radius 3 is 2.81 bits per heavy atom. The SMILES string of the molecule is CC(c1nnc(-c2ccc(Cl)c(Cl)c2)o1)N1CC[C@@H](O)C1. The van der Waals surface area contributed by atoms with Gasteiger partial charge in [-0.05, 0) is 31.5 Å². The van der Waals surface area contributed by atoms with Gasteiger partial charge in [-0.3, -0.25) is 4.90 Å². The van der Waals surface area contributed by atoms with Crippen LogP contribution in [-0.4, -0.2) is 39.4 Å². The fourth-order valence-corrected chi connectivity index (χ4v) is 2.72. The summed E-state index contributed by atoms with van der Waals surface area (Å²) in [6.07, 6.45) is 0.503. The van der Waals surface area contributed by atoms with Gasteiger partial charge >= 0.3 is 0 Å². The Morgan fingerprint density at radius 1 is 1.33 bits per heavy atom. The molecule has 1 aromatic carbocycles. The van der Waals surface area contributed by atoms with Crippen LogP contribution in [0.3, 0.4) is 0 Å². The van der Waals surface area contributed by atoms with Gasteiger partial charge in [0.05, 0.1) is 22.2 Å². The highest BCUT2D eigenvalue weighted by Crippen LogP contribution is 2.30. The lowest BCUT2D eigenvalue weighted by Crippen LogP contribution is -2.25. The van der Waals surface area contributed by atoms with Gasteiger partial charge in [-0.15, -0.1) is 10.2 Å². The van der Waals surface area contributed by atoms with Crippen molar-refractivity contribution < 1.29 is 9.52 Å². The maximum absolute atomic E-state index is 9.60. The second-order valence-electron chi connectivity index (χ2n) is 5.19. The minimum Gasteiger partial charge on any atom is -0.419 e. The largest absolute Gasteiger partial charge is 0.419 e. The third-order valence-corrected chi connectivity index (χ3v) is 4.45. The van der Waals surface area contributed by atoms with Gasteiger partial charge in [-0.1, -0.05) is 23.2 Å². The second-order valence-corrected chi connectivity index (χ2v) is 6.00. The highest BCUT2D eigenvalue weighted by Gasteiger charge is 2.28. The van der Waals surface area contributed by atoms with Crippen molar-refractivity contribution in [3.63, 3.8) is 0 Å². The third-order valence-electron chi connectivity index (χ3n) is 3.71. The molecule has 1 aliphatic rings. The normalized spacial score (nSPS) is 20.9. The average Bonchev–Trinajstić information content (AvgIpc) is 3.10. The number of aliphatic hydroxyl groups is 1. The van der Waals surface area contributed by atoms with Crippen LogP contribution in [-0.2, 0) is 0 Å². The summed E-state index contributed by atoms with van der Waals surface area (Å²) in [7, 11) is 0. The van der Waals surface area contributed by atoms with E-state index in [0.717, 1.165) is 18.5 Å². The molecule has 0 radical (unpaired) electrons. The fourth-order valence-electron chi connectivity index (χ4n) is 2.43. The Balaban J connectivity index is 1.81. The molecule has 0 amide bonds. The maximum atomic E-state index is 9.60. The Hall–Kier alpha value is -1.14. The smallest absolute Gasteiger partial charge is 0.247 e. The number of benzene rings is 1. The molecule has 1 aromatic heterocycles. The van der Waals surface area contributed by atoms with Crippen molar-refractivity contribution in [2.24, 2.45) is 0 Å². The van der Waals surface area contributed by atoms with E-state index < -0.39 is 0 Å². The Labute approximate surface area is 132 Å². The van der Waals surface area contributed by atoms with E-state index in [1.54, 1.807) is 18.2 Å². The summed E-state index contributed by atoms with van der Waals surface area (Å²) in [6, 6.07) is 5.16. The van der Waals surface area contributed by atoms with Gasteiger partial charge in [0.1, 0.15) is 0 Å². The van der Waals surface area contributed by atoms with Crippen LogP contribution in [0.4, 0.5) is 0 Å². The number of nitrogens with zero attached hydrogens (tertiary/aromatic N) is 3. The Bertz CT molecular complexity index is 647. The molecule has 0 bridgehead atoms. The van der Waals surface area contributed by atoms with Crippen molar-refractivity contribution >= 4 is 23.2 Å². The number of likely N-dealkylation sites (tertiary alicyclic amines) is 1. The molecule has 112 valence electrons. The van der Waals surface area contributed by atoms with E-state index in [1.165, 1.54) is 0 Å². The van der Waals surface area contributed by atoms with Gasteiger partial charge in [-0.2, -0.15) is 0 Å². The number of β-amino-alcohol motifs (C(OH)–C–C–N with tert-alkyl or cyclic N) is 1. The van der Waals surface area contributed by atoms with Gasteiger partial charge in [0, 0.05) is 18.7 Å². The topological polar surface area (TPSA) is 62.4 Å². The summed E-state index contributed by atoms with van der Waals surface area (Å²) >= 11 is 11.9. The lowest BCUT2D eigenvalue weighted by molar-refractivity contribution is 0.155. The van der Waals surface area contributed by atoms with Crippen molar-refractivity contribution in [3.05, 3.63) is 34.1 Å². The van der Waals surface area contributed by atoms with Crippen LogP contribution in [0.15, 0.2) is 22.6 Å². The minimum atomic E-state index is -0.273. The van der Waals surface area contributed by atoms with E-state index in [0.29, 0.717) is 28.4 Å². The zero-order valence-electron chi connectivity index (χ0n) is 11.5. The zero-order chi connectivity index (χ0) is 15.0. The highest BCUT2D eigenvalue weighted by atomic mass is 35.5. The molecule has 2 aromatic rings. The van der Waals surface area contributed by atoms with Gasteiger partial charge < -0.3 is 9.52 Å². The van der Waals surface area contributed by atoms with E-state index in [1.807, 2.05) is 6.92 Å². The van der Waals surface area contributed by atoms with Crippen molar-refractivity contribution in [1.29, 1.82) is 0 Å². The molecule has 21 heavy (non-hydrogen) atoms. The molecule has 1 aliphatic heterocycles. The number of aromatic nitrogens is 2. The summed E-state index contributed by atoms with van der Waals surface area (Å²) < 4.78 is 5.73. The Morgan fingerprint density at radius 2 is 2.14 bits per heavy atom. The summed E-state index contributed by atoms with van der Waals surface area (Å²) in [6.45, 7) is 3.45. The third kappa shape index (κ3) is 3.06. The lowest BCUT2D eigenvalue weighted by atomic mass is 10.2. The molecule has 7 heteroatoms. The van der Waals surface area contributed by atoms with E-state index in [2.05, 4.69) is 15.1 Å². The quantitative estimate of drug-likeness (QED) is 0.938. The Kier molecular flexibility index (Phi) is 4.17. The molecule has 0 spiro atoms. The van der Waals surface area contributed by atoms with Crippen molar-refractivity contribution in [2.75, 3.05) is 13.1 Å². The zero-order valence-corrected chi connectivity index (χ0v) is 13.0. The number of hydrogen-bond acceptors (Lipinski definition) is 5. The first kappa shape index (κ1) is 14.8. The summed E-state index contributed by atoms with van der Waals surface area (Å²) in [5, 5.41) is 18.7. The number of rotatable bonds is 3. The van der Waals surface area contributed by atoms with Crippen LogP contribution in [0.5, 0.6) is 0 Å². The molecule has 2 atom stereocenters. The summed E-state index contributed by atoms with van der Waals surface area (Å²) in [5.74, 6) is 0.945. The second kappa shape index (κ2) is 5.93. The molecule has 0 aliphatic carbocycles. The number of hydrogen-bond donors (Lipinski definition) is 1. The van der Waals surface area contributed by atoms with Gasteiger partial charge in [0.15, 0.2) is 0 Å². The first-order chi connectivity index (χ1) is 10.0. The number of aliphatic hydroxyl groups excluding tert-OH is 1. The predicted molar refractivity (Wildman–Crippen MR) is 80.4 cm³/mol. The van der Waals surface area contributed by atoms with Crippen molar-refractivity contribution in [3.8, 4) is 11.5 Å². The average molecular weight is 328 g/mol. The molecule has 2 heterocycles. The van der Waals surface area contributed by atoms with Crippen LogP contribution in [0.25, 0.3) is 11.5 Å². The van der Waals surface area contributed by atoms with Crippen molar-refractivity contribution in [2.45, 2.75) is 25.5 Å². The maximum Gasteiger partial charge on any atom is 0.247 e. The fraction of sp³-hybridized carbons (Fsp3) is 0.429. The van der Waals surface area contributed by atoms with Gasteiger partial charge in [-0.25, -0.2) is 0 Å². The van der Waals surface area contributed by atoms with Crippen LogP contribution < -0.4 is 0 Å². The number of halogens is 2. The highest BCUT2D eigenvalue weighted by molar-refractivity contribution is 6.42. The molecule has 5 nitrogen and oxygen atoms in total. The minimum absolute atomic E-state index is 0.0221. The molecule has 1 saturated heterocycles. The molecule has 3 rings (SSSR count). The monoisotopic (exact) mass is 327 g/mol.